The molecule has 2 rings (SSSR count). The van der Waals surface area contributed by atoms with Crippen LogP contribution in [-0.2, 0) is 17.7 Å². The molecule has 0 aromatic carbocycles. The first-order valence-corrected chi connectivity index (χ1v) is 9.24. The number of piperidine rings is 1. The first-order valence-electron chi connectivity index (χ1n) is 9.24. The fourth-order valence-corrected chi connectivity index (χ4v) is 3.12. The van der Waals surface area contributed by atoms with E-state index >= 15 is 0 Å². The number of hydrogen-bond donors (Lipinski definition) is 0. The minimum atomic E-state index is -0.460. The van der Waals surface area contributed by atoms with Gasteiger partial charge in [0.2, 0.25) is 5.89 Å². The maximum atomic E-state index is 12.1. The Labute approximate surface area is 150 Å². The van der Waals surface area contributed by atoms with Gasteiger partial charge >= 0.3 is 6.09 Å². The SMILES string of the molecule is CCCc1nc(CN2CCC[C@@H](CN(C)C(=O)OC(C)(C)C)C2)no1. The number of amides is 1. The Morgan fingerprint density at radius 2 is 2.20 bits per heavy atom. The van der Waals surface area contributed by atoms with E-state index in [2.05, 4.69) is 22.0 Å². The number of aromatic nitrogens is 2. The molecule has 1 aromatic heterocycles. The standard InChI is InChI=1S/C18H32N4O3/c1-6-8-16-19-15(20-25-16)13-22-10-7-9-14(12-22)11-21(5)17(23)24-18(2,3)4/h14H,6-13H2,1-5H3/t14-/m0/s1. The Morgan fingerprint density at radius 1 is 1.44 bits per heavy atom. The van der Waals surface area contributed by atoms with Crippen LogP contribution >= 0.6 is 0 Å². The van der Waals surface area contributed by atoms with Gasteiger partial charge in [0.25, 0.3) is 0 Å². The van der Waals surface area contributed by atoms with Crippen molar-refractivity contribution in [1.29, 1.82) is 0 Å². The van der Waals surface area contributed by atoms with Gasteiger partial charge in [-0.05, 0) is 52.5 Å². The van der Waals surface area contributed by atoms with Crippen LogP contribution in [0.1, 0.15) is 58.7 Å². The van der Waals surface area contributed by atoms with E-state index in [1.165, 1.54) is 0 Å². The highest BCUT2D eigenvalue weighted by molar-refractivity contribution is 5.67. The molecule has 0 saturated carbocycles. The quantitative estimate of drug-likeness (QED) is 0.783. The molecule has 25 heavy (non-hydrogen) atoms. The van der Waals surface area contributed by atoms with Crippen LogP contribution in [0.5, 0.6) is 0 Å². The summed E-state index contributed by atoms with van der Waals surface area (Å²) in [5.41, 5.74) is -0.460. The number of rotatable bonds is 6. The molecule has 142 valence electrons. The second-order valence-corrected chi connectivity index (χ2v) is 7.96. The molecule has 1 aliphatic rings. The Balaban J connectivity index is 1.82. The molecule has 1 fully saturated rings. The lowest BCUT2D eigenvalue weighted by molar-refractivity contribution is 0.0240. The number of carbonyl (C=O) groups excluding carboxylic acids is 1. The van der Waals surface area contributed by atoms with Gasteiger partial charge in [0.15, 0.2) is 5.82 Å². The minimum absolute atomic E-state index is 0.257. The Kier molecular flexibility index (Phi) is 6.81. The molecule has 7 nitrogen and oxygen atoms in total. The monoisotopic (exact) mass is 352 g/mol. The van der Waals surface area contributed by atoms with Gasteiger partial charge in [-0.1, -0.05) is 12.1 Å². The third kappa shape index (κ3) is 6.65. The summed E-state index contributed by atoms with van der Waals surface area (Å²) in [6, 6.07) is 0. The van der Waals surface area contributed by atoms with Gasteiger partial charge in [-0.25, -0.2) is 4.79 Å². The van der Waals surface area contributed by atoms with Crippen LogP contribution in [0, 0.1) is 5.92 Å². The molecule has 1 aromatic rings. The Hall–Kier alpha value is -1.63. The van der Waals surface area contributed by atoms with Crippen molar-refractivity contribution < 1.29 is 14.1 Å². The molecule has 0 unspecified atom stereocenters. The van der Waals surface area contributed by atoms with E-state index in [0.717, 1.165) is 50.5 Å². The Morgan fingerprint density at radius 3 is 2.88 bits per heavy atom. The van der Waals surface area contributed by atoms with Crippen LogP contribution in [0.4, 0.5) is 4.79 Å². The second-order valence-electron chi connectivity index (χ2n) is 7.96. The van der Waals surface area contributed by atoms with Crippen molar-refractivity contribution in [3.63, 3.8) is 0 Å². The van der Waals surface area contributed by atoms with Crippen LogP contribution in [0.15, 0.2) is 4.52 Å². The lowest BCUT2D eigenvalue weighted by Crippen LogP contribution is -2.42. The predicted octanol–water partition coefficient (Wildman–Crippen LogP) is 3.10. The van der Waals surface area contributed by atoms with Crippen molar-refractivity contribution in [2.45, 2.75) is 65.5 Å². The number of hydrogen-bond acceptors (Lipinski definition) is 6. The van der Waals surface area contributed by atoms with E-state index in [9.17, 15) is 4.79 Å². The molecule has 1 aliphatic heterocycles. The number of likely N-dealkylation sites (tertiary alicyclic amines) is 1. The zero-order valence-electron chi connectivity index (χ0n) is 16.2. The lowest BCUT2D eigenvalue weighted by Gasteiger charge is -2.34. The Bertz CT molecular complexity index is 553. The molecule has 0 aliphatic carbocycles. The lowest BCUT2D eigenvalue weighted by atomic mass is 9.97. The van der Waals surface area contributed by atoms with E-state index in [1.807, 2.05) is 27.8 Å². The van der Waals surface area contributed by atoms with Gasteiger partial charge in [0.05, 0.1) is 6.54 Å². The van der Waals surface area contributed by atoms with Gasteiger partial charge in [0.1, 0.15) is 5.60 Å². The third-order valence-corrected chi connectivity index (χ3v) is 4.18. The predicted molar refractivity (Wildman–Crippen MR) is 95.2 cm³/mol. The van der Waals surface area contributed by atoms with E-state index in [1.54, 1.807) is 4.90 Å². The van der Waals surface area contributed by atoms with E-state index < -0.39 is 5.60 Å². The molecular formula is C18H32N4O3. The second kappa shape index (κ2) is 8.65. The van der Waals surface area contributed by atoms with Crippen molar-refractivity contribution in [3.05, 3.63) is 11.7 Å². The van der Waals surface area contributed by atoms with Crippen molar-refractivity contribution in [1.82, 2.24) is 19.9 Å². The van der Waals surface area contributed by atoms with Crippen molar-refractivity contribution >= 4 is 6.09 Å². The molecule has 1 atom stereocenters. The van der Waals surface area contributed by atoms with E-state index in [4.69, 9.17) is 9.26 Å². The molecular weight excluding hydrogens is 320 g/mol. The first kappa shape index (κ1) is 19.7. The molecule has 2 heterocycles. The average molecular weight is 352 g/mol. The minimum Gasteiger partial charge on any atom is -0.444 e. The molecule has 0 N–H and O–H groups in total. The van der Waals surface area contributed by atoms with Gasteiger partial charge in [-0.15, -0.1) is 0 Å². The van der Waals surface area contributed by atoms with E-state index in [0.29, 0.717) is 19.0 Å². The molecule has 0 spiro atoms. The zero-order valence-corrected chi connectivity index (χ0v) is 16.2. The summed E-state index contributed by atoms with van der Waals surface area (Å²) < 4.78 is 10.7. The summed E-state index contributed by atoms with van der Waals surface area (Å²) >= 11 is 0. The number of nitrogens with zero attached hydrogens (tertiary/aromatic N) is 4. The largest absolute Gasteiger partial charge is 0.444 e. The highest BCUT2D eigenvalue weighted by atomic mass is 16.6. The number of ether oxygens (including phenoxy) is 1. The smallest absolute Gasteiger partial charge is 0.410 e. The molecule has 0 radical (unpaired) electrons. The molecule has 7 heteroatoms. The van der Waals surface area contributed by atoms with Crippen LogP contribution < -0.4 is 0 Å². The van der Waals surface area contributed by atoms with Gasteiger partial charge < -0.3 is 14.2 Å². The summed E-state index contributed by atoms with van der Waals surface area (Å²) in [7, 11) is 1.81. The number of aryl methyl sites for hydroxylation is 1. The summed E-state index contributed by atoms with van der Waals surface area (Å²) in [5, 5.41) is 4.07. The van der Waals surface area contributed by atoms with Gasteiger partial charge in [-0.3, -0.25) is 4.90 Å². The molecule has 1 amide bonds. The fraction of sp³-hybridized carbons (Fsp3) is 0.833. The van der Waals surface area contributed by atoms with E-state index in [-0.39, 0.29) is 6.09 Å². The highest BCUT2D eigenvalue weighted by Gasteiger charge is 2.26. The van der Waals surface area contributed by atoms with Gasteiger partial charge in [0, 0.05) is 26.6 Å². The van der Waals surface area contributed by atoms with Crippen molar-refractivity contribution in [3.8, 4) is 0 Å². The van der Waals surface area contributed by atoms with Crippen LogP contribution in [0.25, 0.3) is 0 Å². The van der Waals surface area contributed by atoms with Crippen molar-refractivity contribution in [2.75, 3.05) is 26.7 Å². The van der Waals surface area contributed by atoms with Crippen molar-refractivity contribution in [2.24, 2.45) is 5.92 Å². The summed E-state index contributed by atoms with van der Waals surface area (Å²) in [5.74, 6) is 1.91. The number of carbonyl (C=O) groups is 1. The first-order chi connectivity index (χ1) is 11.8. The fourth-order valence-electron chi connectivity index (χ4n) is 3.12. The molecule has 1 saturated heterocycles. The van der Waals surface area contributed by atoms with Crippen LogP contribution in [0.2, 0.25) is 0 Å². The third-order valence-electron chi connectivity index (χ3n) is 4.18. The zero-order chi connectivity index (χ0) is 18.4. The van der Waals surface area contributed by atoms with Crippen LogP contribution in [0.3, 0.4) is 0 Å². The summed E-state index contributed by atoms with van der Waals surface area (Å²) in [6.07, 6.45) is 3.82. The highest BCUT2D eigenvalue weighted by Crippen LogP contribution is 2.20. The summed E-state index contributed by atoms with van der Waals surface area (Å²) in [4.78, 5) is 20.6. The van der Waals surface area contributed by atoms with Gasteiger partial charge in [-0.2, -0.15) is 4.98 Å². The molecule has 0 bridgehead atoms. The maximum Gasteiger partial charge on any atom is 0.410 e. The normalized spacial score (nSPS) is 19.0. The topological polar surface area (TPSA) is 71.7 Å². The van der Waals surface area contributed by atoms with Crippen LogP contribution in [-0.4, -0.2) is 58.3 Å². The average Bonchev–Trinajstić information content (AvgIpc) is 2.93. The summed E-state index contributed by atoms with van der Waals surface area (Å²) in [6.45, 7) is 11.1. The maximum absolute atomic E-state index is 12.1.